The van der Waals surface area contributed by atoms with Crippen molar-refractivity contribution < 1.29 is 0 Å². The largest absolute Gasteiger partial charge is 0.174 e. The van der Waals surface area contributed by atoms with E-state index in [0.29, 0.717) is 0 Å². The van der Waals surface area contributed by atoms with Crippen LogP contribution in [0.5, 0.6) is 0 Å². The van der Waals surface area contributed by atoms with Crippen molar-refractivity contribution in [1.29, 1.82) is 0 Å². The van der Waals surface area contributed by atoms with Crippen molar-refractivity contribution >= 4 is 36.4 Å². The van der Waals surface area contributed by atoms with Gasteiger partial charge in [0.25, 0.3) is 0 Å². The summed E-state index contributed by atoms with van der Waals surface area (Å²) in [5.74, 6) is 0.973. The van der Waals surface area contributed by atoms with Crippen LogP contribution < -0.4 is 5.19 Å². The van der Waals surface area contributed by atoms with Crippen molar-refractivity contribution in [2.24, 2.45) is 0 Å². The van der Waals surface area contributed by atoms with Gasteiger partial charge in [-0.3, -0.25) is 0 Å². The summed E-state index contributed by atoms with van der Waals surface area (Å²) in [6.45, 7) is 9.12. The van der Waals surface area contributed by atoms with Gasteiger partial charge in [0.05, 0.1) is 8.07 Å². The summed E-state index contributed by atoms with van der Waals surface area (Å²) in [7, 11) is -1.17. The summed E-state index contributed by atoms with van der Waals surface area (Å²) in [4.78, 5) is 0. The lowest BCUT2D eigenvalue weighted by Crippen LogP contribution is -2.37. The van der Waals surface area contributed by atoms with E-state index in [2.05, 4.69) is 54.1 Å². The lowest BCUT2D eigenvalue weighted by atomic mass is 10.2. The van der Waals surface area contributed by atoms with Crippen molar-refractivity contribution in [3.05, 3.63) is 34.8 Å². The zero-order valence-corrected chi connectivity index (χ0v) is 13.9. The highest BCUT2D eigenvalue weighted by atomic mass is 32.2. The molecule has 0 aliphatic heterocycles. The second kappa shape index (κ2) is 5.55. The normalized spacial score (nSPS) is 11.8. The SMILES string of the molecule is Cc1nnc(SCc2ccc([Si](C)(C)C)cc2)s1. The molecule has 0 atom stereocenters. The van der Waals surface area contributed by atoms with Crippen molar-refractivity contribution in [1.82, 2.24) is 10.2 Å². The highest BCUT2D eigenvalue weighted by molar-refractivity contribution is 8.00. The molecule has 2 rings (SSSR count). The fourth-order valence-electron chi connectivity index (χ4n) is 1.58. The Morgan fingerprint density at radius 1 is 1.11 bits per heavy atom. The molecule has 96 valence electrons. The Labute approximate surface area is 118 Å². The van der Waals surface area contributed by atoms with E-state index in [1.165, 1.54) is 10.8 Å². The summed E-state index contributed by atoms with van der Waals surface area (Å²) in [6.07, 6.45) is 0. The van der Waals surface area contributed by atoms with Crippen LogP contribution in [0.4, 0.5) is 0 Å². The van der Waals surface area contributed by atoms with Gasteiger partial charge in [-0.25, -0.2) is 0 Å². The first kappa shape index (κ1) is 13.8. The fraction of sp³-hybridized carbons (Fsp3) is 0.385. The van der Waals surface area contributed by atoms with Crippen LogP contribution in [-0.4, -0.2) is 18.3 Å². The third kappa shape index (κ3) is 3.67. The predicted octanol–water partition coefficient (Wildman–Crippen LogP) is 3.68. The second-order valence-corrected chi connectivity index (χ2v) is 12.8. The molecule has 2 aromatic rings. The number of hydrogen-bond donors (Lipinski definition) is 0. The summed E-state index contributed by atoms with van der Waals surface area (Å²) < 4.78 is 1.06. The van der Waals surface area contributed by atoms with Crippen LogP contribution in [0.1, 0.15) is 10.6 Å². The van der Waals surface area contributed by atoms with Crippen LogP contribution in [0.25, 0.3) is 0 Å². The van der Waals surface area contributed by atoms with Gasteiger partial charge >= 0.3 is 0 Å². The number of aromatic nitrogens is 2. The van der Waals surface area contributed by atoms with Gasteiger partial charge in [0.2, 0.25) is 0 Å². The molecule has 0 saturated heterocycles. The first-order valence-corrected chi connectivity index (χ1v) is 11.3. The lowest BCUT2D eigenvalue weighted by Gasteiger charge is -2.16. The quantitative estimate of drug-likeness (QED) is 0.635. The number of benzene rings is 1. The minimum atomic E-state index is -1.17. The smallest absolute Gasteiger partial charge is 0.143 e. The zero-order chi connectivity index (χ0) is 13.2. The minimum Gasteiger partial charge on any atom is -0.143 e. The van der Waals surface area contributed by atoms with E-state index < -0.39 is 8.07 Å². The molecule has 0 saturated carbocycles. The Balaban J connectivity index is 1.98. The van der Waals surface area contributed by atoms with Crippen LogP contribution >= 0.6 is 23.1 Å². The summed E-state index contributed by atoms with van der Waals surface area (Å²) in [6, 6.07) is 9.06. The second-order valence-electron chi connectivity index (χ2n) is 5.32. The number of aryl methyl sites for hydroxylation is 1. The van der Waals surface area contributed by atoms with Crippen LogP contribution in [0, 0.1) is 6.92 Å². The summed E-state index contributed by atoms with van der Waals surface area (Å²) in [5, 5.41) is 10.7. The van der Waals surface area contributed by atoms with Crippen LogP contribution in [0.15, 0.2) is 28.6 Å². The Hall–Kier alpha value is -0.653. The molecule has 18 heavy (non-hydrogen) atoms. The number of thioether (sulfide) groups is 1. The molecule has 0 N–H and O–H groups in total. The van der Waals surface area contributed by atoms with E-state index in [1.807, 2.05) is 6.92 Å². The zero-order valence-electron chi connectivity index (χ0n) is 11.2. The monoisotopic (exact) mass is 294 g/mol. The van der Waals surface area contributed by atoms with Gasteiger partial charge < -0.3 is 0 Å². The highest BCUT2D eigenvalue weighted by Crippen LogP contribution is 2.25. The van der Waals surface area contributed by atoms with Gasteiger partial charge in [-0.2, -0.15) is 0 Å². The van der Waals surface area contributed by atoms with Crippen LogP contribution in [-0.2, 0) is 5.75 Å². The van der Waals surface area contributed by atoms with Gasteiger partial charge in [0, 0.05) is 5.75 Å². The maximum absolute atomic E-state index is 4.13. The van der Waals surface area contributed by atoms with E-state index in [1.54, 1.807) is 23.1 Å². The van der Waals surface area contributed by atoms with Gasteiger partial charge in [-0.15, -0.1) is 10.2 Å². The number of hydrogen-bond acceptors (Lipinski definition) is 4. The van der Waals surface area contributed by atoms with Crippen molar-refractivity contribution in [3.8, 4) is 0 Å². The molecule has 0 aliphatic carbocycles. The predicted molar refractivity (Wildman–Crippen MR) is 83.6 cm³/mol. The molecule has 1 aromatic carbocycles. The molecule has 0 bridgehead atoms. The Morgan fingerprint density at radius 3 is 2.28 bits per heavy atom. The first-order chi connectivity index (χ1) is 8.45. The molecule has 0 fully saturated rings. The van der Waals surface area contributed by atoms with Crippen molar-refractivity contribution in [2.75, 3.05) is 0 Å². The Kier molecular flexibility index (Phi) is 4.24. The molecular formula is C13H18N2S2Si. The Bertz CT molecular complexity index is 515. The molecule has 2 nitrogen and oxygen atoms in total. The molecule has 0 amide bonds. The molecule has 0 radical (unpaired) electrons. The molecule has 1 heterocycles. The fourth-order valence-corrected chi connectivity index (χ4v) is 4.52. The van der Waals surface area contributed by atoms with Gasteiger partial charge in [-0.1, -0.05) is 72.2 Å². The van der Waals surface area contributed by atoms with Crippen molar-refractivity contribution in [3.63, 3.8) is 0 Å². The van der Waals surface area contributed by atoms with E-state index >= 15 is 0 Å². The standard InChI is InChI=1S/C13H18N2S2Si/c1-10-14-15-13(17-10)16-9-11-5-7-12(8-6-11)18(2,3)4/h5-8H,9H2,1-4H3. The molecule has 1 aromatic heterocycles. The molecule has 0 unspecified atom stereocenters. The van der Waals surface area contributed by atoms with E-state index in [9.17, 15) is 0 Å². The third-order valence-electron chi connectivity index (χ3n) is 2.69. The summed E-state index contributed by atoms with van der Waals surface area (Å²) in [5.41, 5.74) is 1.36. The molecular weight excluding hydrogens is 276 g/mol. The Morgan fingerprint density at radius 2 is 1.78 bits per heavy atom. The topological polar surface area (TPSA) is 25.8 Å². The third-order valence-corrected chi connectivity index (χ3v) is 6.80. The van der Waals surface area contributed by atoms with Crippen LogP contribution in [0.2, 0.25) is 19.6 Å². The van der Waals surface area contributed by atoms with E-state index in [-0.39, 0.29) is 0 Å². The van der Waals surface area contributed by atoms with E-state index in [0.717, 1.165) is 15.1 Å². The first-order valence-electron chi connectivity index (χ1n) is 5.97. The molecule has 0 aliphatic rings. The highest BCUT2D eigenvalue weighted by Gasteiger charge is 2.15. The average Bonchev–Trinajstić information content (AvgIpc) is 2.72. The van der Waals surface area contributed by atoms with Crippen LogP contribution in [0.3, 0.4) is 0 Å². The maximum Gasteiger partial charge on any atom is 0.174 e. The van der Waals surface area contributed by atoms with Gasteiger partial charge in [0.1, 0.15) is 5.01 Å². The number of rotatable bonds is 4. The maximum atomic E-state index is 4.13. The van der Waals surface area contributed by atoms with E-state index in [4.69, 9.17) is 0 Å². The van der Waals surface area contributed by atoms with Crippen molar-refractivity contribution in [2.45, 2.75) is 36.7 Å². The lowest BCUT2D eigenvalue weighted by molar-refractivity contribution is 0.983. The van der Waals surface area contributed by atoms with Gasteiger partial charge in [0.15, 0.2) is 4.34 Å². The van der Waals surface area contributed by atoms with Gasteiger partial charge in [-0.05, 0) is 12.5 Å². The average molecular weight is 295 g/mol. The number of nitrogens with zero attached hydrogens (tertiary/aromatic N) is 2. The molecule has 0 spiro atoms. The molecule has 5 heteroatoms. The minimum absolute atomic E-state index is 0.973. The summed E-state index contributed by atoms with van der Waals surface area (Å²) >= 11 is 3.43.